The number of benzene rings is 2. The number of hydrogen-bond donors (Lipinski definition) is 2. The van der Waals surface area contributed by atoms with E-state index in [4.69, 9.17) is 16.3 Å². The van der Waals surface area contributed by atoms with E-state index in [1.54, 1.807) is 19.9 Å². The Morgan fingerprint density at radius 3 is 2.27 bits per heavy atom. The standard InChI is InChI=1S/C26H32ClFN2O6S2.C2H6/c1-15(2)25(30-24(32)12-17-11-18(38(5,34)35)9-10-23(17)36-4)26(33)29-16(3)22(31)14-37-13-19-20(27)7-6-8-21(19)28;1-2/h6-11,15-16,25H,12-14H2,1-5H3,(H,29,33)(H,30,32);1-2H3/t16-,25?;/m0./s1. The van der Waals surface area contributed by atoms with Gasteiger partial charge in [0, 0.05) is 28.2 Å². The zero-order valence-corrected chi connectivity index (χ0v) is 26.2. The molecule has 2 atom stereocenters. The number of ether oxygens (including phenoxy) is 1. The lowest BCUT2D eigenvalue weighted by Gasteiger charge is -2.24. The fourth-order valence-corrected chi connectivity index (χ4v) is 5.52. The van der Waals surface area contributed by atoms with Crippen molar-refractivity contribution in [1.29, 1.82) is 0 Å². The molecule has 0 bridgehead atoms. The minimum Gasteiger partial charge on any atom is -0.496 e. The summed E-state index contributed by atoms with van der Waals surface area (Å²) in [7, 11) is -2.09. The highest BCUT2D eigenvalue weighted by Gasteiger charge is 2.27. The van der Waals surface area contributed by atoms with Gasteiger partial charge < -0.3 is 15.4 Å². The number of carbonyl (C=O) groups is 3. The number of halogens is 2. The molecule has 0 aliphatic carbocycles. The highest BCUT2D eigenvalue weighted by Crippen LogP contribution is 2.25. The highest BCUT2D eigenvalue weighted by molar-refractivity contribution is 7.99. The average molecular weight is 617 g/mol. The van der Waals surface area contributed by atoms with Crippen molar-refractivity contribution < 1.29 is 31.9 Å². The van der Waals surface area contributed by atoms with Crippen LogP contribution < -0.4 is 15.4 Å². The van der Waals surface area contributed by atoms with Crippen molar-refractivity contribution in [3.63, 3.8) is 0 Å². The topological polar surface area (TPSA) is 119 Å². The number of hydrogen-bond acceptors (Lipinski definition) is 7. The third-order valence-electron chi connectivity index (χ3n) is 5.69. The lowest BCUT2D eigenvalue weighted by molar-refractivity contribution is -0.131. The van der Waals surface area contributed by atoms with Gasteiger partial charge in [-0.15, -0.1) is 11.8 Å². The van der Waals surface area contributed by atoms with Crippen LogP contribution in [0.2, 0.25) is 5.02 Å². The monoisotopic (exact) mass is 616 g/mol. The maximum absolute atomic E-state index is 13.9. The van der Waals surface area contributed by atoms with Crippen LogP contribution in [0, 0.1) is 11.7 Å². The summed E-state index contributed by atoms with van der Waals surface area (Å²) in [6.45, 7) is 9.03. The van der Waals surface area contributed by atoms with Crippen LogP contribution >= 0.6 is 23.4 Å². The number of amides is 2. The Morgan fingerprint density at radius 2 is 1.73 bits per heavy atom. The molecular formula is C28H38ClFN2O6S2. The van der Waals surface area contributed by atoms with Crippen molar-refractivity contribution in [3.05, 3.63) is 58.4 Å². The number of nitrogens with one attached hydrogen (secondary N) is 2. The molecular weight excluding hydrogens is 579 g/mol. The number of Topliss-reactive ketones (excluding diaryl/α,β-unsaturated/α-hetero) is 1. The third kappa shape index (κ3) is 10.7. The van der Waals surface area contributed by atoms with Crippen molar-refractivity contribution in [2.75, 3.05) is 19.1 Å². The molecule has 0 fully saturated rings. The Morgan fingerprint density at radius 1 is 1.07 bits per heavy atom. The summed E-state index contributed by atoms with van der Waals surface area (Å²) in [5.41, 5.74) is 0.663. The van der Waals surface area contributed by atoms with Crippen LogP contribution in [0.4, 0.5) is 4.39 Å². The van der Waals surface area contributed by atoms with E-state index >= 15 is 0 Å². The van der Waals surface area contributed by atoms with Crippen LogP contribution in [0.1, 0.15) is 45.7 Å². The molecule has 40 heavy (non-hydrogen) atoms. The smallest absolute Gasteiger partial charge is 0.243 e. The molecule has 222 valence electrons. The van der Waals surface area contributed by atoms with Crippen molar-refractivity contribution >= 4 is 50.8 Å². The van der Waals surface area contributed by atoms with Crippen LogP contribution in [0.3, 0.4) is 0 Å². The summed E-state index contributed by atoms with van der Waals surface area (Å²) in [6.07, 6.45) is 0.848. The first-order valence-electron chi connectivity index (χ1n) is 12.7. The summed E-state index contributed by atoms with van der Waals surface area (Å²) in [6, 6.07) is 6.82. The molecule has 2 rings (SSSR count). The van der Waals surface area contributed by atoms with Crippen LogP contribution in [-0.4, -0.2) is 57.2 Å². The minimum absolute atomic E-state index is 0.0291. The molecule has 0 saturated carbocycles. The first kappa shape index (κ1) is 35.4. The molecule has 0 aliphatic rings. The zero-order valence-electron chi connectivity index (χ0n) is 23.8. The number of ketones is 1. The van der Waals surface area contributed by atoms with Gasteiger partial charge in [-0.25, -0.2) is 12.8 Å². The Bertz CT molecular complexity index is 1270. The van der Waals surface area contributed by atoms with Gasteiger partial charge in [-0.05, 0) is 43.2 Å². The van der Waals surface area contributed by atoms with E-state index in [2.05, 4.69) is 10.6 Å². The van der Waals surface area contributed by atoms with E-state index in [1.165, 1.54) is 56.1 Å². The number of sulfone groups is 1. The molecule has 0 aliphatic heterocycles. The number of carbonyl (C=O) groups excluding carboxylic acids is 3. The second-order valence-corrected chi connectivity index (χ2v) is 12.5. The quantitative estimate of drug-likeness (QED) is 0.337. The normalized spacial score (nSPS) is 12.6. The van der Waals surface area contributed by atoms with E-state index < -0.39 is 39.6 Å². The minimum atomic E-state index is -3.49. The summed E-state index contributed by atoms with van der Waals surface area (Å²) in [5.74, 6) is -1.50. The maximum atomic E-state index is 13.9. The average Bonchev–Trinajstić information content (AvgIpc) is 2.89. The van der Waals surface area contributed by atoms with Gasteiger partial charge in [-0.3, -0.25) is 14.4 Å². The van der Waals surface area contributed by atoms with Crippen LogP contribution in [0.5, 0.6) is 5.75 Å². The summed E-state index contributed by atoms with van der Waals surface area (Å²) in [4.78, 5) is 38.3. The van der Waals surface area contributed by atoms with E-state index in [9.17, 15) is 27.2 Å². The Hall–Kier alpha value is -2.63. The van der Waals surface area contributed by atoms with Gasteiger partial charge in [-0.2, -0.15) is 0 Å². The molecule has 8 nitrogen and oxygen atoms in total. The predicted molar refractivity (Wildman–Crippen MR) is 158 cm³/mol. The molecule has 2 aromatic rings. The van der Waals surface area contributed by atoms with Gasteiger partial charge in [-0.1, -0.05) is 45.4 Å². The van der Waals surface area contributed by atoms with E-state index in [0.29, 0.717) is 16.9 Å². The fraction of sp³-hybridized carbons (Fsp3) is 0.464. The third-order valence-corrected chi connectivity index (χ3v) is 8.14. The van der Waals surface area contributed by atoms with Crippen LogP contribution in [0.15, 0.2) is 41.3 Å². The van der Waals surface area contributed by atoms with Gasteiger partial charge in [0.2, 0.25) is 11.8 Å². The predicted octanol–water partition coefficient (Wildman–Crippen LogP) is 4.61. The van der Waals surface area contributed by atoms with Gasteiger partial charge in [0.1, 0.15) is 17.6 Å². The van der Waals surface area contributed by atoms with Crippen molar-refractivity contribution in [2.45, 2.75) is 63.8 Å². The first-order chi connectivity index (χ1) is 18.7. The van der Waals surface area contributed by atoms with Crippen LogP contribution in [0.25, 0.3) is 0 Å². The number of methoxy groups -OCH3 is 1. The maximum Gasteiger partial charge on any atom is 0.243 e. The van der Waals surface area contributed by atoms with Crippen molar-refractivity contribution in [3.8, 4) is 5.75 Å². The Labute approximate surface area is 245 Å². The molecule has 2 aromatic carbocycles. The molecule has 0 aromatic heterocycles. The highest BCUT2D eigenvalue weighted by atomic mass is 35.5. The van der Waals surface area contributed by atoms with Gasteiger partial charge in [0.25, 0.3) is 0 Å². The fourth-order valence-electron chi connectivity index (χ4n) is 3.49. The van der Waals surface area contributed by atoms with E-state index in [1.807, 2.05) is 13.8 Å². The molecule has 0 heterocycles. The number of thioether (sulfide) groups is 1. The molecule has 0 saturated heterocycles. The second kappa shape index (κ2) is 16.6. The largest absolute Gasteiger partial charge is 0.496 e. The molecule has 0 spiro atoms. The molecule has 12 heteroatoms. The lowest BCUT2D eigenvalue weighted by atomic mass is 10.0. The van der Waals surface area contributed by atoms with Crippen molar-refractivity contribution in [2.24, 2.45) is 5.92 Å². The first-order valence-corrected chi connectivity index (χ1v) is 16.2. The molecule has 2 N–H and O–H groups in total. The van der Waals surface area contributed by atoms with Crippen molar-refractivity contribution in [1.82, 2.24) is 10.6 Å². The molecule has 0 radical (unpaired) electrons. The SMILES string of the molecule is CC.COc1ccc(S(C)(=O)=O)cc1CC(=O)NC(C(=O)N[C@@H](C)C(=O)CSCc1c(F)cccc1Cl)C(C)C. The second-order valence-electron chi connectivity index (χ2n) is 9.10. The van der Waals surface area contributed by atoms with E-state index in [-0.39, 0.29) is 39.5 Å². The van der Waals surface area contributed by atoms with Crippen LogP contribution in [-0.2, 0) is 36.4 Å². The summed E-state index contributed by atoms with van der Waals surface area (Å²) >= 11 is 7.20. The van der Waals surface area contributed by atoms with Gasteiger partial charge in [0.05, 0.1) is 30.2 Å². The van der Waals surface area contributed by atoms with E-state index in [0.717, 1.165) is 6.26 Å². The molecule has 1 unspecified atom stereocenters. The number of rotatable bonds is 13. The summed E-state index contributed by atoms with van der Waals surface area (Å²) < 4.78 is 43.0. The lowest BCUT2D eigenvalue weighted by Crippen LogP contribution is -2.53. The zero-order chi connectivity index (χ0) is 30.6. The molecule has 2 amide bonds. The van der Waals surface area contributed by atoms with Gasteiger partial charge >= 0.3 is 0 Å². The Balaban J connectivity index is 0.00000391. The van der Waals surface area contributed by atoms with Gasteiger partial charge in [0.15, 0.2) is 15.6 Å². The summed E-state index contributed by atoms with van der Waals surface area (Å²) in [5, 5.41) is 5.58. The Kier molecular flexibility index (Phi) is 14.7.